The van der Waals surface area contributed by atoms with Crippen LogP contribution in [0.3, 0.4) is 0 Å². The third-order valence-corrected chi connectivity index (χ3v) is 3.64. The molecular formula is C17H20ClNO. The molecule has 0 heterocycles. The predicted octanol–water partition coefficient (Wildman–Crippen LogP) is 4.96. The first-order chi connectivity index (χ1) is 9.61. The number of aliphatic hydroxyl groups is 1. The highest BCUT2D eigenvalue weighted by atomic mass is 35.5. The average molecular weight is 290 g/mol. The van der Waals surface area contributed by atoms with Gasteiger partial charge >= 0.3 is 0 Å². The third kappa shape index (κ3) is 3.53. The van der Waals surface area contributed by atoms with Crippen LogP contribution in [0, 0.1) is 0 Å². The Morgan fingerprint density at radius 1 is 1.15 bits per heavy atom. The van der Waals surface area contributed by atoms with Crippen molar-refractivity contribution in [2.75, 3.05) is 5.32 Å². The molecule has 2 rings (SSSR count). The van der Waals surface area contributed by atoms with Crippen molar-refractivity contribution in [3.8, 4) is 0 Å². The Hall–Kier alpha value is -1.51. The summed E-state index contributed by atoms with van der Waals surface area (Å²) in [4.78, 5) is 0. The molecule has 2 nitrogen and oxygen atoms in total. The quantitative estimate of drug-likeness (QED) is 0.815. The summed E-state index contributed by atoms with van der Waals surface area (Å²) in [7, 11) is 0. The Balaban J connectivity index is 2.27. The molecule has 0 bridgehead atoms. The highest BCUT2D eigenvalue weighted by Crippen LogP contribution is 2.29. The summed E-state index contributed by atoms with van der Waals surface area (Å²) >= 11 is 6.06. The van der Waals surface area contributed by atoms with E-state index in [1.165, 1.54) is 0 Å². The largest absolute Gasteiger partial charge is 0.389 e. The lowest BCUT2D eigenvalue weighted by Gasteiger charge is -2.22. The highest BCUT2D eigenvalue weighted by Gasteiger charge is 2.13. The molecule has 0 saturated carbocycles. The summed E-state index contributed by atoms with van der Waals surface area (Å²) in [5, 5.41) is 14.1. The zero-order valence-electron chi connectivity index (χ0n) is 11.8. The molecule has 0 saturated heterocycles. The van der Waals surface area contributed by atoms with Gasteiger partial charge in [0.05, 0.1) is 12.1 Å². The van der Waals surface area contributed by atoms with Crippen LogP contribution in [0.2, 0.25) is 5.02 Å². The van der Waals surface area contributed by atoms with E-state index in [0.29, 0.717) is 0 Å². The average Bonchev–Trinajstić information content (AvgIpc) is 2.45. The van der Waals surface area contributed by atoms with Gasteiger partial charge in [0.15, 0.2) is 0 Å². The number of anilines is 1. The SMILES string of the molecule is CCC(Nc1ccccc1C(C)O)c1cccc(Cl)c1. The van der Waals surface area contributed by atoms with Crippen LogP contribution < -0.4 is 5.32 Å². The Labute approximate surface area is 125 Å². The van der Waals surface area contributed by atoms with E-state index in [1.54, 1.807) is 6.92 Å². The van der Waals surface area contributed by atoms with Crippen LogP contribution in [-0.2, 0) is 0 Å². The van der Waals surface area contributed by atoms with Gasteiger partial charge < -0.3 is 10.4 Å². The van der Waals surface area contributed by atoms with E-state index < -0.39 is 6.10 Å². The van der Waals surface area contributed by atoms with Crippen molar-refractivity contribution in [1.82, 2.24) is 0 Å². The summed E-state index contributed by atoms with van der Waals surface area (Å²) in [5.41, 5.74) is 3.03. The van der Waals surface area contributed by atoms with Crippen molar-refractivity contribution in [3.05, 3.63) is 64.7 Å². The fourth-order valence-corrected chi connectivity index (χ4v) is 2.52. The van der Waals surface area contributed by atoms with Gasteiger partial charge in [-0.1, -0.05) is 48.9 Å². The topological polar surface area (TPSA) is 32.3 Å². The molecule has 0 radical (unpaired) electrons. The van der Waals surface area contributed by atoms with Crippen molar-refractivity contribution in [2.45, 2.75) is 32.4 Å². The van der Waals surface area contributed by atoms with Gasteiger partial charge in [0.25, 0.3) is 0 Å². The lowest BCUT2D eigenvalue weighted by Crippen LogP contribution is -2.11. The number of halogens is 1. The van der Waals surface area contributed by atoms with Crippen molar-refractivity contribution in [3.63, 3.8) is 0 Å². The van der Waals surface area contributed by atoms with Crippen molar-refractivity contribution in [2.24, 2.45) is 0 Å². The van der Waals surface area contributed by atoms with E-state index >= 15 is 0 Å². The maximum Gasteiger partial charge on any atom is 0.0781 e. The summed E-state index contributed by atoms with van der Waals surface area (Å²) in [6, 6.07) is 15.9. The minimum absolute atomic E-state index is 0.175. The van der Waals surface area contributed by atoms with Gasteiger partial charge in [-0.3, -0.25) is 0 Å². The van der Waals surface area contributed by atoms with Crippen LogP contribution in [0.15, 0.2) is 48.5 Å². The number of benzene rings is 2. The molecule has 0 aliphatic rings. The molecule has 0 aliphatic carbocycles. The van der Waals surface area contributed by atoms with E-state index in [1.807, 2.05) is 42.5 Å². The molecule has 2 atom stereocenters. The van der Waals surface area contributed by atoms with Crippen LogP contribution in [0.1, 0.15) is 43.5 Å². The van der Waals surface area contributed by atoms with Crippen molar-refractivity contribution in [1.29, 1.82) is 0 Å². The molecule has 20 heavy (non-hydrogen) atoms. The van der Waals surface area contributed by atoms with Gasteiger partial charge in [0.1, 0.15) is 0 Å². The standard InChI is InChI=1S/C17H20ClNO/c1-3-16(13-7-6-8-14(18)11-13)19-17-10-5-4-9-15(17)12(2)20/h4-12,16,19-20H,3H2,1-2H3. The number of rotatable bonds is 5. The molecule has 3 heteroatoms. The number of hydrogen-bond acceptors (Lipinski definition) is 2. The number of para-hydroxylation sites is 1. The van der Waals surface area contributed by atoms with Gasteiger partial charge in [-0.05, 0) is 37.1 Å². The molecule has 2 aromatic carbocycles. The number of nitrogens with one attached hydrogen (secondary N) is 1. The highest BCUT2D eigenvalue weighted by molar-refractivity contribution is 6.30. The van der Waals surface area contributed by atoms with Gasteiger partial charge in [-0.15, -0.1) is 0 Å². The van der Waals surface area contributed by atoms with E-state index in [-0.39, 0.29) is 6.04 Å². The summed E-state index contributed by atoms with van der Waals surface area (Å²) < 4.78 is 0. The van der Waals surface area contributed by atoms with Gasteiger partial charge in [0.2, 0.25) is 0 Å². The second-order valence-corrected chi connectivity index (χ2v) is 5.36. The summed E-state index contributed by atoms with van der Waals surface area (Å²) in [6.45, 7) is 3.91. The van der Waals surface area contributed by atoms with E-state index in [2.05, 4.69) is 18.3 Å². The lowest BCUT2D eigenvalue weighted by molar-refractivity contribution is 0.200. The van der Waals surface area contributed by atoms with Gasteiger partial charge in [-0.25, -0.2) is 0 Å². The maximum absolute atomic E-state index is 9.84. The van der Waals surface area contributed by atoms with E-state index in [4.69, 9.17) is 11.6 Å². The monoisotopic (exact) mass is 289 g/mol. The molecule has 0 amide bonds. The van der Waals surface area contributed by atoms with Gasteiger partial charge in [-0.2, -0.15) is 0 Å². The Kier molecular flexibility index (Phi) is 5.05. The first-order valence-electron chi connectivity index (χ1n) is 6.90. The van der Waals surface area contributed by atoms with Crippen LogP contribution in [0.4, 0.5) is 5.69 Å². The van der Waals surface area contributed by atoms with Gasteiger partial charge in [0, 0.05) is 16.3 Å². The molecular weight excluding hydrogens is 270 g/mol. The Morgan fingerprint density at radius 2 is 1.90 bits per heavy atom. The van der Waals surface area contributed by atoms with E-state index in [0.717, 1.165) is 28.3 Å². The Morgan fingerprint density at radius 3 is 2.55 bits per heavy atom. The Bertz CT molecular complexity index is 568. The summed E-state index contributed by atoms with van der Waals surface area (Å²) in [5.74, 6) is 0. The summed E-state index contributed by atoms with van der Waals surface area (Å²) in [6.07, 6.45) is 0.449. The van der Waals surface area contributed by atoms with Crippen LogP contribution in [0.25, 0.3) is 0 Å². The fraction of sp³-hybridized carbons (Fsp3) is 0.294. The number of aliphatic hydroxyl groups excluding tert-OH is 1. The van der Waals surface area contributed by atoms with E-state index in [9.17, 15) is 5.11 Å². The predicted molar refractivity (Wildman–Crippen MR) is 85.2 cm³/mol. The molecule has 2 unspecified atom stereocenters. The second kappa shape index (κ2) is 6.78. The second-order valence-electron chi connectivity index (χ2n) is 4.92. The fourth-order valence-electron chi connectivity index (χ4n) is 2.32. The first-order valence-corrected chi connectivity index (χ1v) is 7.28. The minimum atomic E-state index is -0.490. The molecule has 2 aromatic rings. The molecule has 0 fully saturated rings. The van der Waals surface area contributed by atoms with Crippen molar-refractivity contribution >= 4 is 17.3 Å². The normalized spacial score (nSPS) is 13.8. The molecule has 0 aromatic heterocycles. The zero-order valence-corrected chi connectivity index (χ0v) is 12.6. The van der Waals surface area contributed by atoms with Crippen LogP contribution in [0.5, 0.6) is 0 Å². The third-order valence-electron chi connectivity index (χ3n) is 3.40. The molecule has 0 aliphatic heterocycles. The number of hydrogen-bond donors (Lipinski definition) is 2. The first kappa shape index (κ1) is 14.9. The molecule has 2 N–H and O–H groups in total. The van der Waals surface area contributed by atoms with Crippen LogP contribution in [-0.4, -0.2) is 5.11 Å². The van der Waals surface area contributed by atoms with Crippen LogP contribution >= 0.6 is 11.6 Å². The molecule has 106 valence electrons. The maximum atomic E-state index is 9.84. The lowest BCUT2D eigenvalue weighted by atomic mass is 10.0. The minimum Gasteiger partial charge on any atom is -0.389 e. The van der Waals surface area contributed by atoms with Crippen molar-refractivity contribution < 1.29 is 5.11 Å². The molecule has 0 spiro atoms. The zero-order chi connectivity index (χ0) is 14.5. The smallest absolute Gasteiger partial charge is 0.0781 e.